The molecule has 3 nitrogen and oxygen atoms in total. The van der Waals surface area contributed by atoms with E-state index < -0.39 is 0 Å². The zero-order chi connectivity index (χ0) is 10.9. The van der Waals surface area contributed by atoms with Crippen LogP contribution in [0, 0.1) is 18.6 Å². The largest absolute Gasteiger partial charge is 1.00 e. The van der Waals surface area contributed by atoms with Crippen LogP contribution >= 0.6 is 0 Å². The monoisotopic (exact) mass is 360 g/mol. The summed E-state index contributed by atoms with van der Waals surface area (Å²) in [6, 6.07) is 0. The summed E-state index contributed by atoms with van der Waals surface area (Å²) in [6.45, 7) is 9.51. The average Bonchev–Trinajstić information content (AvgIpc) is 2.18. The minimum atomic E-state index is -0.237. The van der Waals surface area contributed by atoms with Crippen molar-refractivity contribution in [3.05, 3.63) is 12.7 Å². The van der Waals surface area contributed by atoms with Gasteiger partial charge in [0.2, 0.25) is 0 Å². The minimum Gasteiger partial charge on any atom is -0.711 e. The standard InChI is InChI=1S/C7H12O2.C2H6.CH4O.2Rb/c1-5-4-9-6(2)3-7(5)8;2*1-2;;/h4-5,7-8H,3H2,1-2H3;1-2H3;2H,1H3;;/q-2;;;2*+1. The molecule has 2 unspecified atom stereocenters. The number of aliphatic hydroxyl groups excluding tert-OH is 2. The van der Waals surface area contributed by atoms with E-state index in [-0.39, 0.29) is 128 Å². The van der Waals surface area contributed by atoms with Gasteiger partial charge < -0.3 is 14.9 Å². The molecule has 0 spiro atoms. The molecule has 2 atom stereocenters. The molecule has 1 aliphatic heterocycles. The first-order chi connectivity index (χ1) is 6.20. The molecular formula is C10H22O3Rb2. The molecule has 0 aromatic rings. The van der Waals surface area contributed by atoms with Crippen LogP contribution in [0.3, 0.4) is 0 Å². The Morgan fingerprint density at radius 2 is 1.67 bits per heavy atom. The number of rotatable bonds is 0. The first-order valence-corrected chi connectivity index (χ1v) is 4.65. The maximum atomic E-state index is 9.22. The Balaban J connectivity index is -0.0000000910. The van der Waals surface area contributed by atoms with Gasteiger partial charge in [-0.2, -0.15) is 6.92 Å². The second-order valence-electron chi connectivity index (χ2n) is 2.59. The van der Waals surface area contributed by atoms with Crippen LogP contribution in [-0.4, -0.2) is 23.4 Å². The van der Waals surface area contributed by atoms with E-state index in [2.05, 4.69) is 0 Å². The van der Waals surface area contributed by atoms with E-state index in [0.717, 1.165) is 13.2 Å². The molecule has 15 heavy (non-hydrogen) atoms. The molecule has 1 heterocycles. The van der Waals surface area contributed by atoms with E-state index in [4.69, 9.17) is 9.84 Å². The molecule has 2 N–H and O–H groups in total. The fourth-order valence-electron chi connectivity index (χ4n) is 0.843. The van der Waals surface area contributed by atoms with Gasteiger partial charge in [-0.25, -0.2) is 12.7 Å². The number of ether oxygens (including phenoxy) is 1. The number of hydrogen-bond donors (Lipinski definition) is 2. The molecule has 1 fully saturated rings. The maximum absolute atomic E-state index is 9.22. The Morgan fingerprint density at radius 3 is 1.93 bits per heavy atom. The average molecular weight is 361 g/mol. The molecule has 0 saturated carbocycles. The van der Waals surface area contributed by atoms with Gasteiger partial charge in [0, 0.05) is 13.2 Å². The summed E-state index contributed by atoms with van der Waals surface area (Å²) < 4.78 is 5.09. The van der Waals surface area contributed by atoms with Gasteiger partial charge in [0.15, 0.2) is 0 Å². The Bertz CT molecular complexity index is 105. The molecular weight excluding hydrogens is 339 g/mol. The van der Waals surface area contributed by atoms with E-state index in [9.17, 15) is 5.11 Å². The molecule has 0 aromatic carbocycles. The predicted molar refractivity (Wildman–Crippen MR) is 53.6 cm³/mol. The van der Waals surface area contributed by atoms with Crippen molar-refractivity contribution in [3.63, 3.8) is 0 Å². The molecule has 1 aliphatic rings. The van der Waals surface area contributed by atoms with E-state index in [1.165, 1.54) is 0 Å². The Kier molecular flexibility index (Phi) is 35.6. The Labute approximate surface area is 192 Å². The molecule has 0 aromatic heterocycles. The first-order valence-electron chi connectivity index (χ1n) is 4.65. The summed E-state index contributed by atoms with van der Waals surface area (Å²) >= 11 is 0. The summed E-state index contributed by atoms with van der Waals surface area (Å²) in [4.78, 5) is 0. The van der Waals surface area contributed by atoms with Crippen molar-refractivity contribution >= 4 is 0 Å². The molecule has 5 heteroatoms. The second kappa shape index (κ2) is 19.8. The van der Waals surface area contributed by atoms with Crippen molar-refractivity contribution < 1.29 is 131 Å². The van der Waals surface area contributed by atoms with Crippen LogP contribution in [0.5, 0.6) is 0 Å². The summed E-state index contributed by atoms with van der Waals surface area (Å²) in [5, 5.41) is 16.2. The molecule has 1 rings (SSSR count). The van der Waals surface area contributed by atoms with Gasteiger partial charge in [0.05, 0.1) is 0 Å². The van der Waals surface area contributed by atoms with Gasteiger partial charge in [0.1, 0.15) is 0 Å². The van der Waals surface area contributed by atoms with Crippen LogP contribution in [0.2, 0.25) is 0 Å². The smallest absolute Gasteiger partial charge is 0.711 e. The molecule has 0 radical (unpaired) electrons. The summed E-state index contributed by atoms with van der Waals surface area (Å²) in [5.41, 5.74) is 0. The van der Waals surface area contributed by atoms with Gasteiger partial charge in [0.25, 0.3) is 0 Å². The predicted octanol–water partition coefficient (Wildman–Crippen LogP) is -4.24. The van der Waals surface area contributed by atoms with Crippen molar-refractivity contribution in [2.24, 2.45) is 5.92 Å². The van der Waals surface area contributed by atoms with Crippen molar-refractivity contribution in [2.45, 2.75) is 40.2 Å². The minimum absolute atomic E-state index is 0. The van der Waals surface area contributed by atoms with Crippen LogP contribution < -0.4 is 116 Å². The van der Waals surface area contributed by atoms with Crippen LogP contribution in [0.4, 0.5) is 0 Å². The van der Waals surface area contributed by atoms with E-state index in [1.54, 1.807) is 6.61 Å². The third-order valence-electron chi connectivity index (χ3n) is 1.59. The van der Waals surface area contributed by atoms with Gasteiger partial charge in [-0.05, 0) is 0 Å². The quantitative estimate of drug-likeness (QED) is 0.430. The zero-order valence-electron chi connectivity index (χ0n) is 11.2. The maximum Gasteiger partial charge on any atom is 1.00 e. The van der Waals surface area contributed by atoms with Crippen LogP contribution in [0.1, 0.15) is 34.1 Å². The fourth-order valence-corrected chi connectivity index (χ4v) is 0.843. The Hall–Kier alpha value is 3.49. The third kappa shape index (κ3) is 15.4. The van der Waals surface area contributed by atoms with Crippen molar-refractivity contribution in [2.75, 3.05) is 7.11 Å². The molecule has 0 bridgehead atoms. The van der Waals surface area contributed by atoms with Crippen LogP contribution in [0.15, 0.2) is 0 Å². The van der Waals surface area contributed by atoms with E-state index >= 15 is 0 Å². The molecule has 0 aliphatic carbocycles. The van der Waals surface area contributed by atoms with Crippen molar-refractivity contribution in [1.29, 1.82) is 0 Å². The zero-order valence-corrected chi connectivity index (χ0v) is 21.1. The molecule has 82 valence electrons. The number of aliphatic hydroxyl groups is 2. The summed E-state index contributed by atoms with van der Waals surface area (Å²) in [7, 11) is 1.00. The van der Waals surface area contributed by atoms with E-state index in [0.29, 0.717) is 6.42 Å². The third-order valence-corrected chi connectivity index (χ3v) is 1.59. The van der Waals surface area contributed by atoms with Gasteiger partial charge in [-0.15, -0.1) is 12.3 Å². The molecule has 0 amide bonds. The van der Waals surface area contributed by atoms with Gasteiger partial charge in [-0.1, -0.05) is 20.8 Å². The van der Waals surface area contributed by atoms with Crippen molar-refractivity contribution in [3.8, 4) is 0 Å². The summed E-state index contributed by atoms with van der Waals surface area (Å²) in [6.07, 6.45) is 1.34. The normalized spacial score (nSPS) is 24.2. The fraction of sp³-hybridized carbons (Fsp3) is 0.800. The van der Waals surface area contributed by atoms with Crippen LogP contribution in [0.25, 0.3) is 0 Å². The van der Waals surface area contributed by atoms with Gasteiger partial charge in [-0.3, -0.25) is 0 Å². The first kappa shape index (κ1) is 26.9. The van der Waals surface area contributed by atoms with Crippen LogP contribution in [-0.2, 0) is 4.74 Å². The summed E-state index contributed by atoms with van der Waals surface area (Å²) in [5.74, 6) is 0.175. The van der Waals surface area contributed by atoms with E-state index in [1.807, 2.05) is 27.7 Å². The second-order valence-corrected chi connectivity index (χ2v) is 2.59. The number of hydrogen-bond acceptors (Lipinski definition) is 3. The van der Waals surface area contributed by atoms with Gasteiger partial charge >= 0.3 is 116 Å². The SMILES string of the molecule is CC.CO.C[C-]1CC(O)C(C)[CH-]O1.[Rb+].[Rb+]. The van der Waals surface area contributed by atoms with Crippen molar-refractivity contribution in [1.82, 2.24) is 0 Å². The Morgan fingerprint density at radius 1 is 1.27 bits per heavy atom. The molecule has 1 saturated heterocycles. The topological polar surface area (TPSA) is 49.7 Å².